The number of benzene rings is 1. The Morgan fingerprint density at radius 2 is 1.93 bits per heavy atom. The molecule has 6 nitrogen and oxygen atoms in total. The molecule has 0 saturated carbocycles. The summed E-state index contributed by atoms with van der Waals surface area (Å²) in [6, 6.07) is 8.58. The Hall–Kier alpha value is -1.92. The largest absolute Gasteiger partial charge is 0.376 e. The number of hydrogen-bond acceptors (Lipinski definition) is 4. The van der Waals surface area contributed by atoms with Crippen molar-refractivity contribution in [2.75, 3.05) is 39.3 Å². The van der Waals surface area contributed by atoms with Gasteiger partial charge in [0.25, 0.3) is 0 Å². The molecule has 1 aromatic carbocycles. The Labute approximate surface area is 174 Å². The van der Waals surface area contributed by atoms with E-state index in [4.69, 9.17) is 4.74 Å². The van der Waals surface area contributed by atoms with Crippen LogP contribution in [0.15, 0.2) is 24.3 Å². The van der Waals surface area contributed by atoms with Gasteiger partial charge in [-0.05, 0) is 62.7 Å². The zero-order chi connectivity index (χ0) is 20.6. The standard InChI is InChI=1S/C23H35N3O3/c1-18-6-3-4-7-21(18)16-25-11-9-20(10-12-25)15-26(17-22-8-5-13-29-22)23(28)14-24-19(2)27/h3-4,6-7,20,22H,5,8-17H2,1-2H3,(H,24,27)/t22-/m0/s1. The molecule has 0 radical (unpaired) electrons. The number of amides is 2. The molecule has 0 aliphatic carbocycles. The van der Waals surface area contributed by atoms with Gasteiger partial charge in [-0.15, -0.1) is 0 Å². The number of nitrogens with zero attached hydrogens (tertiary/aromatic N) is 2. The zero-order valence-corrected chi connectivity index (χ0v) is 17.9. The van der Waals surface area contributed by atoms with Gasteiger partial charge in [0.1, 0.15) is 0 Å². The highest BCUT2D eigenvalue weighted by Crippen LogP contribution is 2.22. The average Bonchev–Trinajstić information content (AvgIpc) is 3.22. The van der Waals surface area contributed by atoms with Crippen molar-refractivity contribution in [3.05, 3.63) is 35.4 Å². The van der Waals surface area contributed by atoms with E-state index >= 15 is 0 Å². The van der Waals surface area contributed by atoms with Gasteiger partial charge in [0, 0.05) is 33.2 Å². The molecule has 29 heavy (non-hydrogen) atoms. The summed E-state index contributed by atoms with van der Waals surface area (Å²) in [6.07, 6.45) is 4.41. The molecule has 2 saturated heterocycles. The third-order valence-corrected chi connectivity index (χ3v) is 6.13. The first-order valence-electron chi connectivity index (χ1n) is 10.9. The summed E-state index contributed by atoms with van der Waals surface area (Å²) < 4.78 is 5.75. The van der Waals surface area contributed by atoms with Crippen molar-refractivity contribution in [1.82, 2.24) is 15.1 Å². The molecule has 2 heterocycles. The molecule has 6 heteroatoms. The lowest BCUT2D eigenvalue weighted by Crippen LogP contribution is -2.46. The minimum absolute atomic E-state index is 0.00181. The second-order valence-electron chi connectivity index (χ2n) is 8.49. The Balaban J connectivity index is 1.50. The van der Waals surface area contributed by atoms with Crippen molar-refractivity contribution in [2.24, 2.45) is 5.92 Å². The van der Waals surface area contributed by atoms with Crippen LogP contribution in [-0.4, -0.2) is 67.0 Å². The molecule has 2 aliphatic rings. The van der Waals surface area contributed by atoms with E-state index in [0.29, 0.717) is 12.5 Å². The van der Waals surface area contributed by atoms with Gasteiger partial charge in [-0.2, -0.15) is 0 Å². The first kappa shape index (κ1) is 21.8. The second-order valence-corrected chi connectivity index (χ2v) is 8.49. The third-order valence-electron chi connectivity index (χ3n) is 6.13. The lowest BCUT2D eigenvalue weighted by molar-refractivity contribution is -0.134. The number of carbonyl (C=O) groups excluding carboxylic acids is 2. The monoisotopic (exact) mass is 401 g/mol. The molecular formula is C23H35N3O3. The fourth-order valence-corrected chi connectivity index (χ4v) is 4.29. The molecule has 0 bridgehead atoms. The first-order valence-corrected chi connectivity index (χ1v) is 10.9. The van der Waals surface area contributed by atoms with E-state index in [0.717, 1.165) is 58.5 Å². The summed E-state index contributed by atoms with van der Waals surface area (Å²) >= 11 is 0. The summed E-state index contributed by atoms with van der Waals surface area (Å²) in [5.41, 5.74) is 2.75. The van der Waals surface area contributed by atoms with Gasteiger partial charge < -0.3 is 15.0 Å². The molecule has 1 aromatic rings. The quantitative estimate of drug-likeness (QED) is 0.726. The highest BCUT2D eigenvalue weighted by Gasteiger charge is 2.27. The normalized spacial score (nSPS) is 20.6. The minimum atomic E-state index is -0.167. The summed E-state index contributed by atoms with van der Waals surface area (Å²) in [4.78, 5) is 28.3. The Morgan fingerprint density at radius 3 is 2.59 bits per heavy atom. The van der Waals surface area contributed by atoms with Crippen LogP contribution in [0.25, 0.3) is 0 Å². The molecule has 0 unspecified atom stereocenters. The van der Waals surface area contributed by atoms with E-state index < -0.39 is 0 Å². The molecule has 0 spiro atoms. The number of likely N-dealkylation sites (tertiary alicyclic amines) is 1. The number of piperidine rings is 1. The zero-order valence-electron chi connectivity index (χ0n) is 17.9. The molecule has 1 atom stereocenters. The van der Waals surface area contributed by atoms with Crippen LogP contribution in [0.4, 0.5) is 0 Å². The van der Waals surface area contributed by atoms with Crippen molar-refractivity contribution >= 4 is 11.8 Å². The number of nitrogens with one attached hydrogen (secondary N) is 1. The topological polar surface area (TPSA) is 61.9 Å². The predicted molar refractivity (Wildman–Crippen MR) is 113 cm³/mol. The summed E-state index contributed by atoms with van der Waals surface area (Å²) in [6.45, 7) is 9.01. The number of hydrogen-bond donors (Lipinski definition) is 1. The molecule has 2 amide bonds. The number of ether oxygens (including phenoxy) is 1. The van der Waals surface area contributed by atoms with Crippen LogP contribution in [-0.2, 0) is 20.9 Å². The lowest BCUT2D eigenvalue weighted by atomic mass is 9.95. The van der Waals surface area contributed by atoms with Crippen LogP contribution in [0.1, 0.15) is 43.7 Å². The molecule has 0 aromatic heterocycles. The number of rotatable bonds is 8. The van der Waals surface area contributed by atoms with Crippen LogP contribution in [0.2, 0.25) is 0 Å². The number of carbonyl (C=O) groups is 2. The third kappa shape index (κ3) is 6.82. The Bertz CT molecular complexity index is 680. The van der Waals surface area contributed by atoms with Crippen molar-refractivity contribution in [3.63, 3.8) is 0 Å². The smallest absolute Gasteiger partial charge is 0.242 e. The van der Waals surface area contributed by atoms with Gasteiger partial charge in [-0.25, -0.2) is 0 Å². The van der Waals surface area contributed by atoms with Crippen molar-refractivity contribution in [1.29, 1.82) is 0 Å². The van der Waals surface area contributed by atoms with Gasteiger partial charge in [0.2, 0.25) is 11.8 Å². The second kappa shape index (κ2) is 10.7. The maximum atomic E-state index is 12.7. The van der Waals surface area contributed by atoms with Crippen LogP contribution in [0.5, 0.6) is 0 Å². The van der Waals surface area contributed by atoms with Crippen molar-refractivity contribution in [3.8, 4) is 0 Å². The van der Waals surface area contributed by atoms with Crippen LogP contribution >= 0.6 is 0 Å². The molecule has 3 rings (SSSR count). The maximum Gasteiger partial charge on any atom is 0.242 e. The van der Waals surface area contributed by atoms with E-state index in [1.807, 2.05) is 4.90 Å². The minimum Gasteiger partial charge on any atom is -0.376 e. The summed E-state index contributed by atoms with van der Waals surface area (Å²) in [5.74, 6) is 0.337. The predicted octanol–water partition coefficient (Wildman–Crippen LogP) is 2.35. The van der Waals surface area contributed by atoms with Gasteiger partial charge in [0.15, 0.2) is 0 Å². The van der Waals surface area contributed by atoms with E-state index in [2.05, 4.69) is 41.4 Å². The fourth-order valence-electron chi connectivity index (χ4n) is 4.29. The van der Waals surface area contributed by atoms with Gasteiger partial charge >= 0.3 is 0 Å². The average molecular weight is 402 g/mol. The Morgan fingerprint density at radius 1 is 1.17 bits per heavy atom. The molecule has 160 valence electrons. The lowest BCUT2D eigenvalue weighted by Gasteiger charge is -2.36. The van der Waals surface area contributed by atoms with Gasteiger partial charge in [0.05, 0.1) is 12.6 Å². The maximum absolute atomic E-state index is 12.7. The molecular weight excluding hydrogens is 366 g/mol. The van der Waals surface area contributed by atoms with E-state index in [9.17, 15) is 9.59 Å². The van der Waals surface area contributed by atoms with Gasteiger partial charge in [-0.1, -0.05) is 24.3 Å². The number of aryl methyl sites for hydroxylation is 1. The van der Waals surface area contributed by atoms with Crippen molar-refractivity contribution < 1.29 is 14.3 Å². The fraction of sp³-hybridized carbons (Fsp3) is 0.652. The summed E-state index contributed by atoms with van der Waals surface area (Å²) in [5, 5.41) is 2.65. The van der Waals surface area contributed by atoms with E-state index in [1.165, 1.54) is 18.1 Å². The van der Waals surface area contributed by atoms with Crippen molar-refractivity contribution in [2.45, 2.75) is 52.2 Å². The highest BCUT2D eigenvalue weighted by atomic mass is 16.5. The molecule has 1 N–H and O–H groups in total. The van der Waals surface area contributed by atoms with Crippen LogP contribution in [0, 0.1) is 12.8 Å². The molecule has 2 fully saturated rings. The van der Waals surface area contributed by atoms with E-state index in [-0.39, 0.29) is 24.5 Å². The molecule has 2 aliphatic heterocycles. The highest BCUT2D eigenvalue weighted by molar-refractivity contribution is 5.83. The van der Waals surface area contributed by atoms with Gasteiger partial charge in [-0.3, -0.25) is 14.5 Å². The SMILES string of the molecule is CC(=O)NCC(=O)N(CC1CCN(Cc2ccccc2C)CC1)C[C@@H]1CCCO1. The first-order chi connectivity index (χ1) is 14.0. The van der Waals surface area contributed by atoms with Crippen LogP contribution in [0.3, 0.4) is 0 Å². The van der Waals surface area contributed by atoms with E-state index in [1.54, 1.807) is 0 Å². The van der Waals surface area contributed by atoms with Crippen LogP contribution < -0.4 is 5.32 Å². The summed E-state index contributed by atoms with van der Waals surface area (Å²) in [7, 11) is 0. The Kier molecular flexibility index (Phi) is 8.07.